The van der Waals surface area contributed by atoms with Crippen LogP contribution in [0.1, 0.15) is 5.82 Å². The largest absolute Gasteiger partial charge is 0.496 e. The maximum absolute atomic E-state index is 13.7. The van der Waals surface area contributed by atoms with Gasteiger partial charge in [0.15, 0.2) is 0 Å². The van der Waals surface area contributed by atoms with Gasteiger partial charge in [0.25, 0.3) is 10.0 Å². The van der Waals surface area contributed by atoms with E-state index in [1.165, 1.54) is 25.3 Å². The Morgan fingerprint density at radius 3 is 2.42 bits per heavy atom. The number of methoxy groups -OCH3 is 1. The first kappa shape index (κ1) is 23.8. The van der Waals surface area contributed by atoms with Crippen molar-refractivity contribution in [3.05, 3.63) is 84.3 Å². The summed E-state index contributed by atoms with van der Waals surface area (Å²) >= 11 is 0.963. The minimum Gasteiger partial charge on any atom is -0.496 e. The molecule has 0 aliphatic rings. The van der Waals surface area contributed by atoms with Crippen LogP contribution in [0, 0.1) is 18.6 Å². The lowest BCUT2D eigenvalue weighted by Crippen LogP contribution is -2.12. The van der Waals surface area contributed by atoms with Crippen molar-refractivity contribution in [1.29, 1.82) is 0 Å². The molecule has 5 aromatic rings. The molecule has 3 aromatic carbocycles. The summed E-state index contributed by atoms with van der Waals surface area (Å²) in [5.74, 6) is -0.424. The fourth-order valence-electron chi connectivity index (χ4n) is 3.84. The second-order valence-electron chi connectivity index (χ2n) is 7.87. The predicted molar refractivity (Wildman–Crippen MR) is 135 cm³/mol. The molecule has 0 aliphatic carbocycles. The summed E-state index contributed by atoms with van der Waals surface area (Å²) in [6.07, 6.45) is 1.57. The number of anilines is 1. The predicted octanol–water partition coefficient (Wildman–Crippen LogP) is 5.82. The van der Waals surface area contributed by atoms with Gasteiger partial charge < -0.3 is 4.74 Å². The van der Waals surface area contributed by atoms with Gasteiger partial charge in [-0.1, -0.05) is 12.1 Å². The molecule has 0 amide bonds. The highest BCUT2D eigenvalue weighted by atomic mass is 32.2. The zero-order valence-electron chi connectivity index (χ0n) is 19.0. The number of sulfonamides is 1. The number of fused-ring (bicyclic) bond motifs is 1. The number of nitrogens with one attached hydrogen (secondary N) is 1. The summed E-state index contributed by atoms with van der Waals surface area (Å²) < 4.78 is 65.2. The quantitative estimate of drug-likeness (QED) is 0.301. The number of nitrogens with zero attached hydrogens (tertiary/aromatic N) is 3. The smallest absolute Gasteiger partial charge is 0.263 e. The number of hydrogen-bond acceptors (Lipinski definition) is 7. The lowest BCUT2D eigenvalue weighted by Gasteiger charge is -2.13. The van der Waals surface area contributed by atoms with Gasteiger partial charge >= 0.3 is 0 Å². The molecule has 2 heterocycles. The highest BCUT2D eigenvalue weighted by molar-refractivity contribution is 7.93. The number of ether oxygens (including phenoxy) is 1. The normalized spacial score (nSPS) is 11.6. The summed E-state index contributed by atoms with van der Waals surface area (Å²) in [5.41, 5.74) is 2.15. The molecule has 182 valence electrons. The molecule has 0 fully saturated rings. The summed E-state index contributed by atoms with van der Waals surface area (Å²) in [6, 6.07) is 14.9. The van der Waals surface area contributed by atoms with E-state index in [1.807, 2.05) is 0 Å². The third-order valence-corrected chi connectivity index (χ3v) is 7.64. The van der Waals surface area contributed by atoms with Crippen LogP contribution in [0.25, 0.3) is 33.2 Å². The van der Waals surface area contributed by atoms with Crippen LogP contribution in [0.3, 0.4) is 0 Å². The van der Waals surface area contributed by atoms with Crippen LogP contribution >= 0.6 is 11.5 Å². The van der Waals surface area contributed by atoms with Crippen LogP contribution in [0.5, 0.6) is 5.75 Å². The molecule has 2 aromatic heterocycles. The van der Waals surface area contributed by atoms with Crippen molar-refractivity contribution in [2.45, 2.75) is 11.8 Å². The maximum atomic E-state index is 13.7. The standard InChI is InChI=1S/C25H18F2N4O3S2/c1-14-29-25(35-30-14)31-36(32,33)20-4-6-21-16(11-20)7-8-28-24(21)22-5-3-15(12-23(22)34-2)17-9-18(26)13-19(27)10-17/h3-13H,1-2H3,(H,29,30,31). The van der Waals surface area contributed by atoms with Crippen LogP contribution in [0.2, 0.25) is 0 Å². The first-order valence-corrected chi connectivity index (χ1v) is 12.9. The molecular formula is C25H18F2N4O3S2. The molecule has 36 heavy (non-hydrogen) atoms. The van der Waals surface area contributed by atoms with Crippen molar-refractivity contribution >= 4 is 37.5 Å². The highest BCUT2D eigenvalue weighted by Crippen LogP contribution is 2.37. The van der Waals surface area contributed by atoms with Crippen LogP contribution in [-0.4, -0.2) is 29.9 Å². The summed E-state index contributed by atoms with van der Waals surface area (Å²) in [6.45, 7) is 1.68. The van der Waals surface area contributed by atoms with Gasteiger partial charge in [-0.2, -0.15) is 4.37 Å². The Bertz CT molecular complexity index is 1700. The number of pyridine rings is 1. The molecule has 5 rings (SSSR count). The first-order chi connectivity index (χ1) is 17.2. The maximum Gasteiger partial charge on any atom is 0.263 e. The van der Waals surface area contributed by atoms with Crippen molar-refractivity contribution < 1.29 is 21.9 Å². The molecule has 1 N–H and O–H groups in total. The number of aromatic nitrogens is 3. The topological polar surface area (TPSA) is 94.1 Å². The molecule has 0 unspecified atom stereocenters. The molecule has 7 nitrogen and oxygen atoms in total. The van der Waals surface area contributed by atoms with E-state index in [2.05, 4.69) is 19.1 Å². The average Bonchev–Trinajstić information content (AvgIpc) is 3.26. The second-order valence-corrected chi connectivity index (χ2v) is 10.3. The van der Waals surface area contributed by atoms with E-state index in [1.54, 1.807) is 49.5 Å². The summed E-state index contributed by atoms with van der Waals surface area (Å²) in [7, 11) is -2.38. The van der Waals surface area contributed by atoms with Crippen LogP contribution in [0.15, 0.2) is 71.8 Å². The van der Waals surface area contributed by atoms with Crippen LogP contribution < -0.4 is 9.46 Å². The first-order valence-electron chi connectivity index (χ1n) is 10.6. The Hall–Kier alpha value is -3.96. The molecular weight excluding hydrogens is 506 g/mol. The van der Waals surface area contributed by atoms with Gasteiger partial charge in [-0.25, -0.2) is 22.2 Å². The minimum absolute atomic E-state index is 0.0652. The third kappa shape index (κ3) is 4.62. The Balaban J connectivity index is 1.55. The number of aryl methyl sites for hydroxylation is 1. The zero-order chi connectivity index (χ0) is 25.4. The van der Waals surface area contributed by atoms with E-state index in [9.17, 15) is 17.2 Å². The summed E-state index contributed by atoms with van der Waals surface area (Å²) in [4.78, 5) is 8.61. The monoisotopic (exact) mass is 524 g/mol. The highest BCUT2D eigenvalue weighted by Gasteiger charge is 2.19. The van der Waals surface area contributed by atoms with E-state index in [0.717, 1.165) is 17.6 Å². The van der Waals surface area contributed by atoms with Crippen molar-refractivity contribution in [3.63, 3.8) is 0 Å². The Labute approximate surface area is 209 Å². The number of halogens is 2. The number of hydrogen-bond donors (Lipinski definition) is 1. The van der Waals surface area contributed by atoms with Gasteiger partial charge in [0.1, 0.15) is 23.2 Å². The van der Waals surface area contributed by atoms with Gasteiger partial charge in [0.2, 0.25) is 5.13 Å². The summed E-state index contributed by atoms with van der Waals surface area (Å²) in [5, 5.41) is 1.53. The van der Waals surface area contributed by atoms with Crippen LogP contribution in [-0.2, 0) is 10.0 Å². The van der Waals surface area contributed by atoms with Gasteiger partial charge in [0.05, 0.1) is 17.7 Å². The third-order valence-electron chi connectivity index (χ3n) is 5.45. The van der Waals surface area contributed by atoms with Crippen molar-refractivity contribution in [1.82, 2.24) is 14.3 Å². The van der Waals surface area contributed by atoms with Crippen molar-refractivity contribution in [2.24, 2.45) is 0 Å². The average molecular weight is 525 g/mol. The zero-order valence-corrected chi connectivity index (χ0v) is 20.6. The lowest BCUT2D eigenvalue weighted by molar-refractivity contribution is 0.416. The number of benzene rings is 3. The van der Waals surface area contributed by atoms with E-state index in [4.69, 9.17) is 4.74 Å². The van der Waals surface area contributed by atoms with Crippen molar-refractivity contribution in [2.75, 3.05) is 11.8 Å². The second kappa shape index (κ2) is 9.25. The molecule has 0 aliphatic heterocycles. The molecule has 0 saturated heterocycles. The Morgan fingerprint density at radius 2 is 1.72 bits per heavy atom. The van der Waals surface area contributed by atoms with Gasteiger partial charge in [-0.3, -0.25) is 9.71 Å². The lowest BCUT2D eigenvalue weighted by atomic mass is 9.99. The van der Waals surface area contributed by atoms with Crippen molar-refractivity contribution in [3.8, 4) is 28.1 Å². The SMILES string of the molecule is COc1cc(-c2cc(F)cc(F)c2)ccc1-c1nccc2cc(S(=O)(=O)Nc3nc(C)ns3)ccc12. The molecule has 0 bridgehead atoms. The van der Waals surface area contributed by atoms with E-state index in [0.29, 0.717) is 44.7 Å². The Morgan fingerprint density at radius 1 is 0.944 bits per heavy atom. The molecule has 11 heteroatoms. The minimum atomic E-state index is -3.87. The van der Waals surface area contributed by atoms with E-state index < -0.39 is 21.7 Å². The van der Waals surface area contributed by atoms with Gasteiger partial charge in [-0.05, 0) is 65.9 Å². The number of rotatable bonds is 6. The fourth-order valence-corrected chi connectivity index (χ4v) is 5.67. The van der Waals surface area contributed by atoms with Crippen LogP contribution in [0.4, 0.5) is 13.9 Å². The molecule has 0 saturated carbocycles. The van der Waals surface area contributed by atoms with Gasteiger partial charge in [-0.15, -0.1) is 0 Å². The molecule has 0 spiro atoms. The van der Waals surface area contributed by atoms with Gasteiger partial charge in [0, 0.05) is 34.7 Å². The Kier molecular flexibility index (Phi) is 6.10. The van der Waals surface area contributed by atoms with E-state index >= 15 is 0 Å². The molecule has 0 atom stereocenters. The van der Waals surface area contributed by atoms with E-state index in [-0.39, 0.29) is 10.0 Å². The fraction of sp³-hybridized carbons (Fsp3) is 0.0800. The molecule has 0 radical (unpaired) electrons.